The Hall–Kier alpha value is -1.08. The minimum absolute atomic E-state index is 0.259. The summed E-state index contributed by atoms with van der Waals surface area (Å²) < 4.78 is 44.2. The van der Waals surface area contributed by atoms with Gasteiger partial charge in [-0.05, 0) is 6.92 Å². The molecule has 1 aliphatic heterocycles. The normalized spacial score (nSPS) is 22.3. The summed E-state index contributed by atoms with van der Waals surface area (Å²) in [5.74, 6) is 0. The predicted molar refractivity (Wildman–Crippen MR) is 59.1 cm³/mol. The quantitative estimate of drug-likeness (QED) is 0.833. The zero-order chi connectivity index (χ0) is 13.2. The van der Waals surface area contributed by atoms with E-state index in [0.717, 1.165) is 12.1 Å². The molecule has 2 rings (SSSR count). The van der Waals surface area contributed by atoms with Crippen LogP contribution in [0.5, 0.6) is 0 Å². The van der Waals surface area contributed by atoms with Gasteiger partial charge in [0.25, 0.3) is 0 Å². The highest BCUT2D eigenvalue weighted by atomic mass is 19.4. The summed E-state index contributed by atoms with van der Waals surface area (Å²) in [6, 6.07) is 0. The maximum Gasteiger partial charge on any atom is 0.401 e. The molecule has 0 aromatic carbocycles. The molecule has 0 bridgehead atoms. The summed E-state index contributed by atoms with van der Waals surface area (Å²) in [7, 11) is 0. The first kappa shape index (κ1) is 13.4. The topological polar surface area (TPSA) is 30.3 Å². The first-order valence-corrected chi connectivity index (χ1v) is 5.91. The Bertz CT molecular complexity index is 391. The Kier molecular flexibility index (Phi) is 3.91. The lowest BCUT2D eigenvalue weighted by Crippen LogP contribution is -2.43. The summed E-state index contributed by atoms with van der Waals surface area (Å²) in [5.41, 5.74) is 0.837. The van der Waals surface area contributed by atoms with Gasteiger partial charge in [0.15, 0.2) is 0 Å². The number of nitrogens with zero attached hydrogens (tertiary/aromatic N) is 3. The minimum Gasteiger partial charge on any atom is -0.371 e. The van der Waals surface area contributed by atoms with Crippen LogP contribution >= 0.6 is 0 Å². The molecule has 0 saturated carbocycles. The molecule has 1 fully saturated rings. The van der Waals surface area contributed by atoms with Crippen LogP contribution in [0.25, 0.3) is 0 Å². The Morgan fingerprint density at radius 2 is 2.28 bits per heavy atom. The molecule has 0 amide bonds. The second-order valence-electron chi connectivity index (χ2n) is 4.34. The smallest absolute Gasteiger partial charge is 0.371 e. The Labute approximate surface area is 103 Å². The van der Waals surface area contributed by atoms with Crippen molar-refractivity contribution in [1.82, 2.24) is 14.7 Å². The highest BCUT2D eigenvalue weighted by molar-refractivity contribution is 5.09. The summed E-state index contributed by atoms with van der Waals surface area (Å²) in [4.78, 5) is 1.37. The molecule has 102 valence electrons. The lowest BCUT2D eigenvalue weighted by molar-refractivity contribution is -0.159. The number of aromatic nitrogens is 2. The molecule has 1 atom stereocenters. The van der Waals surface area contributed by atoms with E-state index in [1.54, 1.807) is 10.9 Å². The molecule has 1 aliphatic rings. The van der Waals surface area contributed by atoms with Crippen molar-refractivity contribution in [2.75, 3.05) is 26.2 Å². The number of aryl methyl sites for hydroxylation is 1. The zero-order valence-electron chi connectivity index (χ0n) is 10.2. The second-order valence-corrected chi connectivity index (χ2v) is 4.34. The van der Waals surface area contributed by atoms with Crippen molar-refractivity contribution in [1.29, 1.82) is 0 Å². The third kappa shape index (κ3) is 3.46. The van der Waals surface area contributed by atoms with E-state index in [0.29, 0.717) is 13.2 Å². The maximum atomic E-state index is 12.3. The van der Waals surface area contributed by atoms with Crippen molar-refractivity contribution in [3.63, 3.8) is 0 Å². The van der Waals surface area contributed by atoms with E-state index >= 15 is 0 Å². The number of halogens is 3. The average Bonchev–Trinajstić information content (AvgIpc) is 2.75. The third-order valence-corrected chi connectivity index (χ3v) is 2.90. The third-order valence-electron chi connectivity index (χ3n) is 2.90. The van der Waals surface area contributed by atoms with Crippen LogP contribution in [-0.4, -0.2) is 47.1 Å². The van der Waals surface area contributed by atoms with Crippen LogP contribution in [0.2, 0.25) is 0 Å². The molecule has 0 N–H and O–H groups in total. The SMILES string of the molecule is CCn1cc([C@H]2CN(CC(F)(F)F)CCO2)cn1. The van der Waals surface area contributed by atoms with E-state index in [1.807, 2.05) is 13.1 Å². The Morgan fingerprint density at radius 1 is 1.50 bits per heavy atom. The van der Waals surface area contributed by atoms with Gasteiger partial charge >= 0.3 is 6.18 Å². The van der Waals surface area contributed by atoms with E-state index in [4.69, 9.17) is 4.74 Å². The molecular weight excluding hydrogens is 247 g/mol. The minimum atomic E-state index is -4.16. The van der Waals surface area contributed by atoms with Crippen LogP contribution in [0.4, 0.5) is 13.2 Å². The van der Waals surface area contributed by atoms with Crippen LogP contribution < -0.4 is 0 Å². The van der Waals surface area contributed by atoms with Crippen LogP contribution in [0.1, 0.15) is 18.6 Å². The lowest BCUT2D eigenvalue weighted by Gasteiger charge is -2.32. The number of morpholine rings is 1. The molecule has 0 aliphatic carbocycles. The fraction of sp³-hybridized carbons (Fsp3) is 0.727. The van der Waals surface area contributed by atoms with Gasteiger partial charge < -0.3 is 4.74 Å². The van der Waals surface area contributed by atoms with Gasteiger partial charge in [0.1, 0.15) is 0 Å². The molecule has 18 heavy (non-hydrogen) atoms. The molecular formula is C11H16F3N3O. The van der Waals surface area contributed by atoms with Gasteiger partial charge in [-0.1, -0.05) is 0 Å². The summed E-state index contributed by atoms with van der Waals surface area (Å²) in [6.45, 7) is 2.70. The van der Waals surface area contributed by atoms with E-state index in [2.05, 4.69) is 5.10 Å². The van der Waals surface area contributed by atoms with Gasteiger partial charge in [0, 0.05) is 31.4 Å². The van der Waals surface area contributed by atoms with Crippen molar-refractivity contribution < 1.29 is 17.9 Å². The predicted octanol–water partition coefficient (Wildman–Crippen LogP) is 1.84. The van der Waals surface area contributed by atoms with E-state index in [9.17, 15) is 13.2 Å². The lowest BCUT2D eigenvalue weighted by atomic mass is 10.1. The number of ether oxygens (including phenoxy) is 1. The van der Waals surface area contributed by atoms with Crippen LogP contribution in [0.3, 0.4) is 0 Å². The average molecular weight is 263 g/mol. The maximum absolute atomic E-state index is 12.3. The number of alkyl halides is 3. The zero-order valence-corrected chi connectivity index (χ0v) is 10.2. The van der Waals surface area contributed by atoms with E-state index in [1.165, 1.54) is 4.90 Å². The number of hydrogen-bond acceptors (Lipinski definition) is 3. The standard InChI is InChI=1S/C11H16F3N3O/c1-2-17-6-9(5-15-17)10-7-16(3-4-18-10)8-11(12,13)14/h5-6,10H,2-4,7-8H2,1H3/t10-/m1/s1. The molecule has 4 nitrogen and oxygen atoms in total. The fourth-order valence-corrected chi connectivity index (χ4v) is 2.02. The molecule has 7 heteroatoms. The first-order chi connectivity index (χ1) is 8.48. The largest absolute Gasteiger partial charge is 0.401 e. The van der Waals surface area contributed by atoms with Crippen LogP contribution in [-0.2, 0) is 11.3 Å². The highest BCUT2D eigenvalue weighted by Crippen LogP contribution is 2.24. The van der Waals surface area contributed by atoms with E-state index in [-0.39, 0.29) is 12.6 Å². The molecule has 0 radical (unpaired) electrons. The van der Waals surface area contributed by atoms with Crippen molar-refractivity contribution in [2.24, 2.45) is 0 Å². The summed E-state index contributed by atoms with van der Waals surface area (Å²) in [5, 5.41) is 4.11. The van der Waals surface area contributed by atoms with Gasteiger partial charge in [-0.25, -0.2) is 0 Å². The second kappa shape index (κ2) is 5.27. The summed E-state index contributed by atoms with van der Waals surface area (Å²) in [6.07, 6.45) is -0.996. The van der Waals surface area contributed by atoms with Gasteiger partial charge in [-0.2, -0.15) is 18.3 Å². The molecule has 2 heterocycles. The highest BCUT2D eigenvalue weighted by Gasteiger charge is 2.33. The Morgan fingerprint density at radius 3 is 2.89 bits per heavy atom. The van der Waals surface area contributed by atoms with Crippen LogP contribution in [0, 0.1) is 0 Å². The molecule has 1 aromatic rings. The van der Waals surface area contributed by atoms with Crippen molar-refractivity contribution in [3.05, 3.63) is 18.0 Å². The number of hydrogen-bond donors (Lipinski definition) is 0. The monoisotopic (exact) mass is 263 g/mol. The fourth-order valence-electron chi connectivity index (χ4n) is 2.02. The molecule has 0 spiro atoms. The van der Waals surface area contributed by atoms with Gasteiger partial charge in [0.2, 0.25) is 0 Å². The van der Waals surface area contributed by atoms with Gasteiger partial charge in [-0.3, -0.25) is 9.58 Å². The number of rotatable bonds is 3. The first-order valence-electron chi connectivity index (χ1n) is 5.91. The van der Waals surface area contributed by atoms with Gasteiger partial charge in [-0.15, -0.1) is 0 Å². The van der Waals surface area contributed by atoms with E-state index < -0.39 is 12.7 Å². The van der Waals surface area contributed by atoms with Crippen molar-refractivity contribution >= 4 is 0 Å². The molecule has 1 saturated heterocycles. The summed E-state index contributed by atoms with van der Waals surface area (Å²) >= 11 is 0. The molecule has 1 aromatic heterocycles. The Balaban J connectivity index is 1.98. The van der Waals surface area contributed by atoms with Crippen molar-refractivity contribution in [2.45, 2.75) is 25.7 Å². The molecule has 0 unspecified atom stereocenters. The van der Waals surface area contributed by atoms with Gasteiger partial charge in [0.05, 0.1) is 25.5 Å². The van der Waals surface area contributed by atoms with Crippen LogP contribution in [0.15, 0.2) is 12.4 Å². The van der Waals surface area contributed by atoms with Crippen molar-refractivity contribution in [3.8, 4) is 0 Å².